The minimum Gasteiger partial charge on any atom is -0.310 e. The number of anilines is 1. The molecule has 1 aliphatic rings. The van der Waals surface area contributed by atoms with Crippen LogP contribution >= 0.6 is 11.8 Å². The Balaban J connectivity index is 2.02. The van der Waals surface area contributed by atoms with E-state index < -0.39 is 0 Å². The summed E-state index contributed by atoms with van der Waals surface area (Å²) >= 11 is 1.52. The van der Waals surface area contributed by atoms with Crippen LogP contribution in [-0.2, 0) is 4.79 Å². The smallest absolute Gasteiger partial charge is 0.242 e. The lowest BCUT2D eigenvalue weighted by atomic mass is 9.97. The van der Waals surface area contributed by atoms with Gasteiger partial charge in [-0.25, -0.2) is 0 Å². The summed E-state index contributed by atoms with van der Waals surface area (Å²) in [6.45, 7) is 11.3. The van der Waals surface area contributed by atoms with Crippen molar-refractivity contribution in [1.82, 2.24) is 5.06 Å². The largest absolute Gasteiger partial charge is 0.310 e. The molecule has 4 nitrogen and oxygen atoms in total. The Morgan fingerprint density at radius 2 is 2.00 bits per heavy atom. The summed E-state index contributed by atoms with van der Waals surface area (Å²) < 4.78 is 0. The van der Waals surface area contributed by atoms with Gasteiger partial charge in [0.2, 0.25) is 5.91 Å². The lowest BCUT2D eigenvalue weighted by Crippen LogP contribution is -2.45. The molecule has 0 bridgehead atoms. The van der Waals surface area contributed by atoms with E-state index >= 15 is 0 Å². The molecule has 2 atom stereocenters. The highest BCUT2D eigenvalue weighted by Crippen LogP contribution is 2.39. The van der Waals surface area contributed by atoms with Crippen molar-refractivity contribution in [1.29, 1.82) is 0 Å². The third kappa shape index (κ3) is 5.78. The number of rotatable bonds is 10. The molecule has 0 aromatic heterocycles. The second-order valence-corrected chi connectivity index (χ2v) is 8.83. The Bertz CT molecular complexity index is 605. The van der Waals surface area contributed by atoms with E-state index in [1.54, 1.807) is 0 Å². The molecule has 1 heterocycles. The highest BCUT2D eigenvalue weighted by molar-refractivity contribution is 8.01. The maximum Gasteiger partial charge on any atom is 0.242 e. The molecule has 5 heteroatoms. The molecule has 0 fully saturated rings. The van der Waals surface area contributed by atoms with Crippen LogP contribution in [0.1, 0.15) is 46.5 Å². The van der Waals surface area contributed by atoms with Crippen LogP contribution in [0.4, 0.5) is 5.69 Å². The number of para-hydroxylation sites is 1. The fraction of sp³-hybridized carbons (Fsp3) is 0.571. The Morgan fingerprint density at radius 1 is 1.27 bits per heavy atom. The zero-order valence-corrected chi connectivity index (χ0v) is 17.0. The van der Waals surface area contributed by atoms with Gasteiger partial charge in [0.1, 0.15) is 5.25 Å². The van der Waals surface area contributed by atoms with E-state index in [4.69, 9.17) is 0 Å². The molecule has 1 amide bonds. The Kier molecular flexibility index (Phi) is 8.04. The predicted octanol–water partition coefficient (Wildman–Crippen LogP) is 5.18. The fourth-order valence-corrected chi connectivity index (χ4v) is 4.45. The summed E-state index contributed by atoms with van der Waals surface area (Å²) in [6, 6.07) is 8.04. The molecular formula is C21H32N2O2S. The van der Waals surface area contributed by atoms with Crippen molar-refractivity contribution in [3.05, 3.63) is 37.0 Å². The van der Waals surface area contributed by atoms with Crippen molar-refractivity contribution in [3.63, 3.8) is 0 Å². The summed E-state index contributed by atoms with van der Waals surface area (Å²) in [7, 11) is 0. The minimum absolute atomic E-state index is 0.0731. The van der Waals surface area contributed by atoms with Gasteiger partial charge in [-0.15, -0.1) is 11.8 Å². The number of hydrogen-bond donors (Lipinski definition) is 1. The number of benzene rings is 1. The molecule has 2 rings (SSSR count). The molecule has 0 radical (unpaired) electrons. The molecule has 0 saturated heterocycles. The number of fused-ring (bicyclic) bond motifs is 1. The van der Waals surface area contributed by atoms with Crippen LogP contribution in [-0.4, -0.2) is 34.5 Å². The Morgan fingerprint density at radius 3 is 2.69 bits per heavy atom. The Labute approximate surface area is 162 Å². The number of nitrogens with zero attached hydrogens (tertiary/aromatic N) is 2. The first-order valence-electron chi connectivity index (χ1n) is 9.57. The van der Waals surface area contributed by atoms with Gasteiger partial charge in [-0.2, -0.15) is 0 Å². The van der Waals surface area contributed by atoms with E-state index in [-0.39, 0.29) is 17.7 Å². The molecule has 2 unspecified atom stereocenters. The van der Waals surface area contributed by atoms with E-state index in [0.29, 0.717) is 5.92 Å². The number of amides is 1. The van der Waals surface area contributed by atoms with Crippen molar-refractivity contribution < 1.29 is 10.0 Å². The monoisotopic (exact) mass is 376 g/mol. The van der Waals surface area contributed by atoms with Crippen LogP contribution in [0.25, 0.3) is 0 Å². The number of carbonyl (C=O) groups is 1. The summed E-state index contributed by atoms with van der Waals surface area (Å²) in [5.41, 5.74) is 0.997. The van der Waals surface area contributed by atoms with Crippen LogP contribution in [0, 0.1) is 11.8 Å². The summed E-state index contributed by atoms with van der Waals surface area (Å²) in [5.74, 6) is 1.43. The average molecular weight is 377 g/mol. The molecular weight excluding hydrogens is 344 g/mol. The van der Waals surface area contributed by atoms with Crippen LogP contribution in [0.2, 0.25) is 0 Å². The van der Waals surface area contributed by atoms with Gasteiger partial charge >= 0.3 is 0 Å². The predicted molar refractivity (Wildman–Crippen MR) is 110 cm³/mol. The SMILES string of the molecule is C=CN(O)CC1Sc2ccccc2N(CCC(C)CCCC(C)C)C1=O. The van der Waals surface area contributed by atoms with Gasteiger partial charge < -0.3 is 4.90 Å². The van der Waals surface area contributed by atoms with Crippen LogP contribution < -0.4 is 4.90 Å². The second-order valence-electron chi connectivity index (χ2n) is 7.59. The van der Waals surface area contributed by atoms with E-state index in [1.807, 2.05) is 29.2 Å². The highest BCUT2D eigenvalue weighted by atomic mass is 32.2. The summed E-state index contributed by atoms with van der Waals surface area (Å²) in [4.78, 5) is 16.0. The fourth-order valence-electron chi connectivity index (χ4n) is 3.23. The zero-order valence-electron chi connectivity index (χ0n) is 16.2. The minimum atomic E-state index is -0.316. The van der Waals surface area contributed by atoms with Gasteiger partial charge in [0.25, 0.3) is 0 Å². The Hall–Kier alpha value is -1.46. The molecule has 0 aliphatic carbocycles. The highest BCUT2D eigenvalue weighted by Gasteiger charge is 2.34. The van der Waals surface area contributed by atoms with Crippen molar-refractivity contribution in [2.24, 2.45) is 11.8 Å². The van der Waals surface area contributed by atoms with Gasteiger partial charge in [-0.1, -0.05) is 58.7 Å². The van der Waals surface area contributed by atoms with Crippen LogP contribution in [0.15, 0.2) is 41.9 Å². The normalized spacial score (nSPS) is 18.0. The molecule has 1 aromatic rings. The lowest BCUT2D eigenvalue weighted by Gasteiger charge is -2.35. The van der Waals surface area contributed by atoms with Gasteiger partial charge in [-0.3, -0.25) is 15.1 Å². The van der Waals surface area contributed by atoms with Gasteiger partial charge in [-0.05, 0) is 30.4 Å². The third-order valence-corrected chi connectivity index (χ3v) is 6.09. The number of thioether (sulfide) groups is 1. The molecule has 1 N–H and O–H groups in total. The van der Waals surface area contributed by atoms with E-state index in [9.17, 15) is 10.0 Å². The van der Waals surface area contributed by atoms with Gasteiger partial charge in [0.15, 0.2) is 0 Å². The first kappa shape index (κ1) is 20.8. The van der Waals surface area contributed by atoms with Gasteiger partial charge in [0.05, 0.1) is 12.2 Å². The molecule has 1 aliphatic heterocycles. The average Bonchev–Trinajstić information content (AvgIpc) is 2.61. The standard InChI is InChI=1S/C21H32N2O2S/c1-5-22(25)15-20-21(24)23(18-11-6-7-12-19(18)26-20)14-13-17(4)10-8-9-16(2)3/h5-7,11-12,16-17,20,25H,1,8-10,13-15H2,2-4H3. The third-order valence-electron chi connectivity index (χ3n) is 4.85. The van der Waals surface area contributed by atoms with E-state index in [2.05, 4.69) is 27.4 Å². The summed E-state index contributed by atoms with van der Waals surface area (Å²) in [6.07, 6.45) is 6.07. The van der Waals surface area contributed by atoms with Crippen LogP contribution in [0.3, 0.4) is 0 Å². The van der Waals surface area contributed by atoms with Crippen molar-refractivity contribution >= 4 is 23.4 Å². The van der Waals surface area contributed by atoms with Crippen LogP contribution in [0.5, 0.6) is 0 Å². The number of carbonyl (C=O) groups excluding carboxylic acids is 1. The maximum atomic E-state index is 13.0. The molecule has 1 aromatic carbocycles. The quantitative estimate of drug-likeness (QED) is 0.571. The molecule has 0 saturated carbocycles. The molecule has 26 heavy (non-hydrogen) atoms. The first-order valence-corrected chi connectivity index (χ1v) is 10.5. The number of hydroxylamine groups is 2. The van der Waals surface area contributed by atoms with Crippen molar-refractivity contribution in [3.8, 4) is 0 Å². The lowest BCUT2D eigenvalue weighted by molar-refractivity contribution is -0.120. The topological polar surface area (TPSA) is 43.8 Å². The summed E-state index contributed by atoms with van der Waals surface area (Å²) in [5, 5.41) is 10.4. The van der Waals surface area contributed by atoms with Crippen molar-refractivity contribution in [2.45, 2.75) is 56.6 Å². The van der Waals surface area contributed by atoms with E-state index in [0.717, 1.165) is 34.5 Å². The second kappa shape index (κ2) is 10.0. The van der Waals surface area contributed by atoms with Crippen molar-refractivity contribution in [2.75, 3.05) is 18.0 Å². The zero-order chi connectivity index (χ0) is 19.1. The first-order chi connectivity index (χ1) is 12.4. The number of hydrogen-bond acceptors (Lipinski definition) is 4. The van der Waals surface area contributed by atoms with E-state index in [1.165, 1.54) is 37.2 Å². The van der Waals surface area contributed by atoms with Gasteiger partial charge in [0, 0.05) is 17.6 Å². The molecule has 144 valence electrons. The molecule has 0 spiro atoms. The maximum absolute atomic E-state index is 13.0.